The molecule has 20 heavy (non-hydrogen) atoms. The number of hydrogen-bond donors (Lipinski definition) is 1. The summed E-state index contributed by atoms with van der Waals surface area (Å²) in [6, 6.07) is 9.24. The Morgan fingerprint density at radius 1 is 1.15 bits per heavy atom. The smallest absolute Gasteiger partial charge is 0.335 e. The van der Waals surface area contributed by atoms with E-state index in [1.807, 2.05) is 6.92 Å². The summed E-state index contributed by atoms with van der Waals surface area (Å²) >= 11 is 0. The molecular weight excluding hydrogens is 259 g/mol. The Kier molecular flexibility index (Phi) is 4.03. The first-order valence-electron chi connectivity index (χ1n) is 6.19. The first-order valence-corrected chi connectivity index (χ1v) is 6.19. The first-order chi connectivity index (χ1) is 9.47. The molecule has 0 aliphatic carbocycles. The zero-order valence-corrected chi connectivity index (χ0v) is 11.3. The third kappa shape index (κ3) is 3.15. The molecule has 2 aromatic carbocycles. The molecule has 0 aliphatic heterocycles. The maximum absolute atomic E-state index is 13.0. The van der Waals surface area contributed by atoms with Crippen LogP contribution in [0.25, 0.3) is 0 Å². The number of carboxylic acids is 1. The van der Waals surface area contributed by atoms with E-state index >= 15 is 0 Å². The molecule has 0 radical (unpaired) electrons. The minimum atomic E-state index is -0.964. The molecule has 104 valence electrons. The zero-order chi connectivity index (χ0) is 14.7. The lowest BCUT2D eigenvalue weighted by molar-refractivity contribution is 0.0696. The van der Waals surface area contributed by atoms with E-state index in [1.165, 1.54) is 18.2 Å². The molecule has 2 rings (SSSR count). The first kappa shape index (κ1) is 14.1. The number of ether oxygens (including phenoxy) is 1. The molecule has 0 saturated carbocycles. The minimum Gasteiger partial charge on any atom is -0.489 e. The van der Waals surface area contributed by atoms with Crippen molar-refractivity contribution < 1.29 is 19.0 Å². The van der Waals surface area contributed by atoms with E-state index in [0.29, 0.717) is 12.4 Å². The van der Waals surface area contributed by atoms with Crippen LogP contribution in [0.3, 0.4) is 0 Å². The highest BCUT2D eigenvalue weighted by atomic mass is 19.1. The minimum absolute atomic E-state index is 0.229. The quantitative estimate of drug-likeness (QED) is 0.924. The maximum atomic E-state index is 13.0. The van der Waals surface area contributed by atoms with Crippen LogP contribution >= 0.6 is 0 Å². The SMILES string of the molecule is Cc1cc(F)ccc1COc1ccc(C(=O)O)cc1C. The number of carboxylic acid groups (broad SMARTS) is 1. The van der Waals surface area contributed by atoms with Gasteiger partial charge in [-0.05, 0) is 60.9 Å². The van der Waals surface area contributed by atoms with Gasteiger partial charge in [0.1, 0.15) is 18.2 Å². The van der Waals surface area contributed by atoms with E-state index in [2.05, 4.69) is 0 Å². The molecule has 2 aromatic rings. The zero-order valence-electron chi connectivity index (χ0n) is 11.3. The van der Waals surface area contributed by atoms with Crippen molar-refractivity contribution in [3.8, 4) is 5.75 Å². The molecule has 4 heteroatoms. The van der Waals surface area contributed by atoms with Crippen molar-refractivity contribution in [3.63, 3.8) is 0 Å². The summed E-state index contributed by atoms with van der Waals surface area (Å²) in [6.07, 6.45) is 0. The molecule has 0 spiro atoms. The van der Waals surface area contributed by atoms with E-state index < -0.39 is 5.97 Å². The average Bonchev–Trinajstić information content (AvgIpc) is 2.38. The largest absolute Gasteiger partial charge is 0.489 e. The number of aryl methyl sites for hydroxylation is 2. The predicted octanol–water partition coefficient (Wildman–Crippen LogP) is 3.72. The van der Waals surface area contributed by atoms with Gasteiger partial charge in [0.25, 0.3) is 0 Å². The molecule has 0 aromatic heterocycles. The highest BCUT2D eigenvalue weighted by molar-refractivity contribution is 5.88. The van der Waals surface area contributed by atoms with Crippen molar-refractivity contribution in [2.24, 2.45) is 0 Å². The van der Waals surface area contributed by atoms with Gasteiger partial charge in [-0.1, -0.05) is 6.07 Å². The Bertz CT molecular complexity index is 650. The van der Waals surface area contributed by atoms with Crippen LogP contribution in [0.15, 0.2) is 36.4 Å². The van der Waals surface area contributed by atoms with Crippen molar-refractivity contribution >= 4 is 5.97 Å². The molecule has 0 heterocycles. The number of aromatic carboxylic acids is 1. The van der Waals surface area contributed by atoms with Gasteiger partial charge < -0.3 is 9.84 Å². The van der Waals surface area contributed by atoms with E-state index in [1.54, 1.807) is 25.1 Å². The molecular formula is C16H15FO3. The van der Waals surface area contributed by atoms with Crippen molar-refractivity contribution in [1.82, 2.24) is 0 Å². The Morgan fingerprint density at radius 3 is 2.50 bits per heavy atom. The Labute approximate surface area is 116 Å². The highest BCUT2D eigenvalue weighted by Gasteiger charge is 2.07. The van der Waals surface area contributed by atoms with Crippen molar-refractivity contribution in [1.29, 1.82) is 0 Å². The number of hydrogen-bond acceptors (Lipinski definition) is 2. The molecule has 0 atom stereocenters. The fourth-order valence-corrected chi connectivity index (χ4v) is 1.92. The second-order valence-electron chi connectivity index (χ2n) is 4.64. The van der Waals surface area contributed by atoms with Crippen LogP contribution in [0.2, 0.25) is 0 Å². The average molecular weight is 274 g/mol. The highest BCUT2D eigenvalue weighted by Crippen LogP contribution is 2.21. The second-order valence-corrected chi connectivity index (χ2v) is 4.64. The summed E-state index contributed by atoms with van der Waals surface area (Å²) in [5, 5.41) is 8.89. The topological polar surface area (TPSA) is 46.5 Å². The number of carbonyl (C=O) groups is 1. The second kappa shape index (κ2) is 5.74. The van der Waals surface area contributed by atoms with Gasteiger partial charge in [-0.25, -0.2) is 9.18 Å². The molecule has 1 N–H and O–H groups in total. The maximum Gasteiger partial charge on any atom is 0.335 e. The molecule has 3 nitrogen and oxygen atoms in total. The van der Waals surface area contributed by atoms with Crippen LogP contribution < -0.4 is 4.74 Å². The lowest BCUT2D eigenvalue weighted by atomic mass is 10.1. The van der Waals surface area contributed by atoms with Crippen molar-refractivity contribution in [3.05, 3.63) is 64.5 Å². The lowest BCUT2D eigenvalue weighted by Crippen LogP contribution is -2.01. The van der Waals surface area contributed by atoms with Crippen LogP contribution in [-0.4, -0.2) is 11.1 Å². The van der Waals surface area contributed by atoms with Gasteiger partial charge in [-0.3, -0.25) is 0 Å². The van der Waals surface area contributed by atoms with Gasteiger partial charge in [0.2, 0.25) is 0 Å². The summed E-state index contributed by atoms with van der Waals surface area (Å²) < 4.78 is 18.7. The van der Waals surface area contributed by atoms with Crippen LogP contribution in [0.5, 0.6) is 5.75 Å². The molecule has 0 unspecified atom stereocenters. The molecule has 0 saturated heterocycles. The van der Waals surface area contributed by atoms with E-state index in [-0.39, 0.29) is 11.4 Å². The van der Waals surface area contributed by atoms with Gasteiger partial charge in [-0.2, -0.15) is 0 Å². The normalized spacial score (nSPS) is 10.3. The van der Waals surface area contributed by atoms with Gasteiger partial charge in [-0.15, -0.1) is 0 Å². The van der Waals surface area contributed by atoms with Gasteiger partial charge in [0.05, 0.1) is 5.56 Å². The van der Waals surface area contributed by atoms with E-state index in [9.17, 15) is 9.18 Å². The standard InChI is InChI=1S/C16H15FO3/c1-10-8-14(17)5-3-13(10)9-20-15-6-4-12(16(18)19)7-11(15)2/h3-8H,9H2,1-2H3,(H,18,19). The van der Waals surface area contributed by atoms with Crippen LogP contribution in [0, 0.1) is 19.7 Å². The molecule has 0 aliphatic rings. The summed E-state index contributed by atoms with van der Waals surface area (Å²) in [5.41, 5.74) is 2.70. The Balaban J connectivity index is 2.13. The van der Waals surface area contributed by atoms with Crippen LogP contribution in [0.1, 0.15) is 27.0 Å². The van der Waals surface area contributed by atoms with Crippen molar-refractivity contribution in [2.75, 3.05) is 0 Å². The number of halogens is 1. The molecule has 0 bridgehead atoms. The van der Waals surface area contributed by atoms with Crippen LogP contribution in [-0.2, 0) is 6.61 Å². The monoisotopic (exact) mass is 274 g/mol. The molecule has 0 amide bonds. The predicted molar refractivity (Wildman–Crippen MR) is 73.6 cm³/mol. The third-order valence-electron chi connectivity index (χ3n) is 3.11. The lowest BCUT2D eigenvalue weighted by Gasteiger charge is -2.11. The summed E-state index contributed by atoms with van der Waals surface area (Å²) in [6.45, 7) is 3.93. The fourth-order valence-electron chi connectivity index (χ4n) is 1.92. The van der Waals surface area contributed by atoms with Gasteiger partial charge in [0.15, 0.2) is 0 Å². The van der Waals surface area contributed by atoms with E-state index in [0.717, 1.165) is 16.7 Å². The third-order valence-corrected chi connectivity index (χ3v) is 3.11. The van der Waals surface area contributed by atoms with Gasteiger partial charge in [0, 0.05) is 0 Å². The summed E-state index contributed by atoms with van der Waals surface area (Å²) in [5.74, 6) is -0.610. The Morgan fingerprint density at radius 2 is 1.90 bits per heavy atom. The fraction of sp³-hybridized carbons (Fsp3) is 0.188. The summed E-state index contributed by atoms with van der Waals surface area (Å²) in [4.78, 5) is 10.8. The van der Waals surface area contributed by atoms with Crippen LogP contribution in [0.4, 0.5) is 4.39 Å². The van der Waals surface area contributed by atoms with Crippen molar-refractivity contribution in [2.45, 2.75) is 20.5 Å². The summed E-state index contributed by atoms with van der Waals surface area (Å²) in [7, 11) is 0. The van der Waals surface area contributed by atoms with Gasteiger partial charge >= 0.3 is 5.97 Å². The molecule has 0 fully saturated rings. The Hall–Kier alpha value is -2.36. The van der Waals surface area contributed by atoms with E-state index in [4.69, 9.17) is 9.84 Å². The number of rotatable bonds is 4. The number of benzene rings is 2.